The highest BCUT2D eigenvalue weighted by Gasteiger charge is 2.25. The molecule has 2 fully saturated rings. The number of benzene rings is 1. The highest BCUT2D eigenvalue weighted by molar-refractivity contribution is 6.30. The zero-order valence-electron chi connectivity index (χ0n) is 24.3. The van der Waals surface area contributed by atoms with Gasteiger partial charge in [-0.3, -0.25) is 18.9 Å². The molecule has 1 aliphatic carbocycles. The van der Waals surface area contributed by atoms with Gasteiger partial charge in [0, 0.05) is 37.7 Å². The molecule has 4 heterocycles. The number of nitrogens with one attached hydrogen (secondary N) is 1. The van der Waals surface area contributed by atoms with Crippen molar-refractivity contribution < 1.29 is 23.4 Å². The largest absolute Gasteiger partial charge is 0.475 e. The third-order valence-electron chi connectivity index (χ3n) is 8.24. The van der Waals surface area contributed by atoms with Crippen molar-refractivity contribution in [2.24, 2.45) is 5.92 Å². The quantitative estimate of drug-likeness (QED) is 0.239. The molecule has 0 radical (unpaired) electrons. The minimum atomic E-state index is -0.409. The summed E-state index contributed by atoms with van der Waals surface area (Å²) >= 11 is 5.97. The van der Waals surface area contributed by atoms with Crippen LogP contribution in [0, 0.1) is 11.7 Å². The van der Waals surface area contributed by atoms with Gasteiger partial charge < -0.3 is 19.5 Å². The molecule has 1 aliphatic heterocycles. The number of nitrogens with zero attached hydrogens (tertiary/aromatic N) is 4. The van der Waals surface area contributed by atoms with Crippen LogP contribution in [-0.4, -0.2) is 57.2 Å². The molecule has 1 N–H and O–H groups in total. The number of ether oxygens (including phenoxy) is 3. The lowest BCUT2D eigenvalue weighted by atomic mass is 9.86. The van der Waals surface area contributed by atoms with Crippen LogP contribution in [0.1, 0.15) is 55.3 Å². The Labute approximate surface area is 259 Å². The summed E-state index contributed by atoms with van der Waals surface area (Å²) in [6, 6.07) is 9.47. The molecule has 1 atom stereocenters. The molecule has 3 aromatic heterocycles. The van der Waals surface area contributed by atoms with E-state index in [0.717, 1.165) is 51.6 Å². The van der Waals surface area contributed by atoms with Crippen LogP contribution in [0.25, 0.3) is 16.7 Å². The van der Waals surface area contributed by atoms with Gasteiger partial charge >= 0.3 is 5.69 Å². The van der Waals surface area contributed by atoms with E-state index in [1.54, 1.807) is 39.6 Å². The van der Waals surface area contributed by atoms with Crippen LogP contribution >= 0.6 is 11.6 Å². The smallest absolute Gasteiger partial charge is 0.333 e. The van der Waals surface area contributed by atoms with Crippen molar-refractivity contribution >= 4 is 28.5 Å². The van der Waals surface area contributed by atoms with Crippen LogP contribution in [0.15, 0.2) is 59.8 Å². The maximum atomic E-state index is 14.4. The fourth-order valence-corrected chi connectivity index (χ4v) is 6.14. The minimum absolute atomic E-state index is 0.0206. The predicted molar refractivity (Wildman–Crippen MR) is 163 cm³/mol. The number of pyridine rings is 2. The van der Waals surface area contributed by atoms with Crippen molar-refractivity contribution in [2.75, 3.05) is 19.8 Å². The third kappa shape index (κ3) is 7.11. The molecule has 10 nitrogen and oxygen atoms in total. The Kier molecular flexibility index (Phi) is 9.54. The Morgan fingerprint density at radius 2 is 1.89 bits per heavy atom. The first kappa shape index (κ1) is 30.2. The Bertz CT molecular complexity index is 1650. The van der Waals surface area contributed by atoms with E-state index in [0.29, 0.717) is 52.9 Å². The molecule has 44 heavy (non-hydrogen) atoms. The van der Waals surface area contributed by atoms with E-state index in [1.165, 1.54) is 24.5 Å². The van der Waals surface area contributed by atoms with Gasteiger partial charge in [-0.15, -0.1) is 0 Å². The number of aromatic nitrogens is 4. The van der Waals surface area contributed by atoms with Gasteiger partial charge in [-0.25, -0.2) is 14.2 Å². The Morgan fingerprint density at radius 3 is 2.64 bits per heavy atom. The highest BCUT2D eigenvalue weighted by Crippen LogP contribution is 2.28. The fraction of sp³-hybridized carbons (Fsp3) is 0.438. The molecule has 12 heteroatoms. The first-order valence-corrected chi connectivity index (χ1v) is 15.5. The molecule has 4 aromatic rings. The van der Waals surface area contributed by atoms with Crippen molar-refractivity contribution in [1.29, 1.82) is 0 Å². The average molecular weight is 624 g/mol. The average Bonchev–Trinajstić information content (AvgIpc) is 3.30. The number of amides is 1. The number of carbonyl (C=O) groups excluding carboxylic acids is 1. The molecule has 1 saturated carbocycles. The molecule has 1 aromatic carbocycles. The maximum Gasteiger partial charge on any atom is 0.333 e. The van der Waals surface area contributed by atoms with Gasteiger partial charge in [0.2, 0.25) is 5.88 Å². The lowest BCUT2D eigenvalue weighted by molar-refractivity contribution is -0.165. The molecule has 232 valence electrons. The summed E-state index contributed by atoms with van der Waals surface area (Å²) in [6.45, 7) is 1.89. The minimum Gasteiger partial charge on any atom is -0.475 e. The van der Waals surface area contributed by atoms with Crippen LogP contribution in [0.3, 0.4) is 0 Å². The lowest BCUT2D eigenvalue weighted by Crippen LogP contribution is -2.38. The third-order valence-corrected chi connectivity index (χ3v) is 8.44. The number of hydrogen-bond acceptors (Lipinski definition) is 7. The molecular weight excluding hydrogens is 589 g/mol. The van der Waals surface area contributed by atoms with E-state index in [9.17, 15) is 14.0 Å². The van der Waals surface area contributed by atoms with Crippen molar-refractivity contribution in [3.63, 3.8) is 0 Å². The summed E-state index contributed by atoms with van der Waals surface area (Å²) in [5, 5.41) is 3.48. The molecular formula is C32H35ClFN5O5. The van der Waals surface area contributed by atoms with E-state index in [4.69, 9.17) is 25.8 Å². The van der Waals surface area contributed by atoms with E-state index in [2.05, 4.69) is 15.3 Å². The summed E-state index contributed by atoms with van der Waals surface area (Å²) in [7, 11) is 0. The summed E-state index contributed by atoms with van der Waals surface area (Å²) in [5.74, 6) is 0.00465. The first-order valence-electron chi connectivity index (χ1n) is 15.1. The van der Waals surface area contributed by atoms with Crippen LogP contribution < -0.4 is 15.7 Å². The van der Waals surface area contributed by atoms with Crippen molar-refractivity contribution in [1.82, 2.24) is 24.4 Å². The zero-order valence-corrected chi connectivity index (χ0v) is 25.0. The monoisotopic (exact) mass is 623 g/mol. The molecule has 1 saturated heterocycles. The Morgan fingerprint density at radius 1 is 1.02 bits per heavy atom. The SMILES string of the molecule is O=C(NC1CCC(Cn2c(=O)n(-c3ccc(OCCOC4CCCCO4)nc3)c3ccc(F)cc32)CC1)c1cncc(Cl)c1. The van der Waals surface area contributed by atoms with Crippen LogP contribution in [0.5, 0.6) is 5.88 Å². The van der Waals surface area contributed by atoms with Crippen molar-refractivity contribution in [3.05, 3.63) is 81.9 Å². The summed E-state index contributed by atoms with van der Waals surface area (Å²) in [6.07, 6.45) is 10.6. The van der Waals surface area contributed by atoms with Gasteiger partial charge in [-0.1, -0.05) is 11.6 Å². The molecule has 1 amide bonds. The van der Waals surface area contributed by atoms with Crippen molar-refractivity contribution in [3.8, 4) is 11.6 Å². The normalized spacial score (nSPS) is 20.5. The van der Waals surface area contributed by atoms with Crippen LogP contribution in [-0.2, 0) is 16.0 Å². The van der Waals surface area contributed by atoms with E-state index >= 15 is 0 Å². The number of hydrogen-bond donors (Lipinski definition) is 1. The number of imidazole rings is 1. The summed E-state index contributed by atoms with van der Waals surface area (Å²) in [5.41, 5.74) is 1.86. The molecule has 2 aliphatic rings. The highest BCUT2D eigenvalue weighted by atomic mass is 35.5. The standard InChI is InChI=1S/C32H35ClFN5O5/c33-23-15-22(17-35-18-23)31(40)37-25-7-4-21(5-8-25)20-38-28-16-24(34)6-10-27(28)39(32(38)41)26-9-11-29(36-19-26)42-13-14-44-30-3-1-2-12-43-30/h6,9-11,15-19,21,25,30H,1-5,7-8,12-14,20H2,(H,37,40). The van der Waals surface area contributed by atoms with E-state index < -0.39 is 5.82 Å². The molecule has 0 spiro atoms. The van der Waals surface area contributed by atoms with Gasteiger partial charge in [0.1, 0.15) is 12.4 Å². The van der Waals surface area contributed by atoms with Crippen LogP contribution in [0.4, 0.5) is 4.39 Å². The lowest BCUT2D eigenvalue weighted by Gasteiger charge is -2.29. The van der Waals surface area contributed by atoms with Gasteiger partial charge in [0.25, 0.3) is 5.91 Å². The predicted octanol–water partition coefficient (Wildman–Crippen LogP) is 5.29. The van der Waals surface area contributed by atoms with Gasteiger partial charge in [-0.05, 0) is 81.2 Å². The second-order valence-electron chi connectivity index (χ2n) is 11.3. The van der Waals surface area contributed by atoms with Crippen LogP contribution in [0.2, 0.25) is 5.02 Å². The number of rotatable bonds is 10. The van der Waals surface area contributed by atoms with E-state index in [1.807, 2.05) is 0 Å². The first-order chi connectivity index (χ1) is 21.4. The fourth-order valence-electron chi connectivity index (χ4n) is 5.97. The molecule has 6 rings (SSSR count). The number of fused-ring (bicyclic) bond motifs is 1. The van der Waals surface area contributed by atoms with Crippen molar-refractivity contribution in [2.45, 2.75) is 63.8 Å². The molecule has 0 bridgehead atoms. The topological polar surface area (TPSA) is 110 Å². The van der Waals surface area contributed by atoms with Gasteiger partial charge in [-0.2, -0.15) is 0 Å². The molecule has 1 unspecified atom stereocenters. The Hall–Kier alpha value is -3.80. The van der Waals surface area contributed by atoms with E-state index in [-0.39, 0.29) is 29.8 Å². The second-order valence-corrected chi connectivity index (χ2v) is 11.8. The maximum absolute atomic E-state index is 14.4. The van der Waals surface area contributed by atoms with Gasteiger partial charge in [0.15, 0.2) is 6.29 Å². The van der Waals surface area contributed by atoms with Gasteiger partial charge in [0.05, 0.1) is 40.1 Å². The Balaban J connectivity index is 1.10. The summed E-state index contributed by atoms with van der Waals surface area (Å²) < 4.78 is 34.6. The summed E-state index contributed by atoms with van der Waals surface area (Å²) in [4.78, 5) is 34.8. The zero-order chi connectivity index (χ0) is 30.5. The number of halogens is 2. The second kappa shape index (κ2) is 13.9. The number of carbonyl (C=O) groups is 1.